The van der Waals surface area contributed by atoms with Crippen LogP contribution in [0.15, 0.2) is 0 Å². The Morgan fingerprint density at radius 1 is 0.714 bits per heavy atom. The Hall–Kier alpha value is -1.06. The Morgan fingerprint density at radius 2 is 1.21 bits per heavy atom. The van der Waals surface area contributed by atoms with Crippen LogP contribution in [0.25, 0.3) is 0 Å². The lowest BCUT2D eigenvalue weighted by atomic mass is 10.00. The van der Waals surface area contributed by atoms with Crippen molar-refractivity contribution in [1.29, 1.82) is 0 Å². The number of carboxylic acids is 1. The summed E-state index contributed by atoms with van der Waals surface area (Å²) < 4.78 is 5.74. The third-order valence-electron chi connectivity index (χ3n) is 5.26. The van der Waals surface area contributed by atoms with Crippen LogP contribution in [0.1, 0.15) is 130 Å². The first-order chi connectivity index (χ1) is 13.5. The van der Waals surface area contributed by atoms with Crippen molar-refractivity contribution in [1.82, 2.24) is 0 Å². The molecule has 0 aromatic rings. The smallest absolute Gasteiger partial charge is 0.306 e. The molecule has 0 aliphatic heterocycles. The van der Waals surface area contributed by atoms with Gasteiger partial charge in [0.2, 0.25) is 0 Å². The molecule has 0 radical (unpaired) electrons. The summed E-state index contributed by atoms with van der Waals surface area (Å²) >= 11 is 0. The highest BCUT2D eigenvalue weighted by Gasteiger charge is 2.14. The van der Waals surface area contributed by atoms with E-state index in [0.717, 1.165) is 31.6 Å². The quantitative estimate of drug-likeness (QED) is 0.173. The number of carbonyl (C=O) groups excluding carboxylic acids is 1. The molecule has 0 spiro atoms. The lowest BCUT2D eigenvalue weighted by Gasteiger charge is -2.18. The Kier molecular flexibility index (Phi) is 18.5. The Bertz CT molecular complexity index is 379. The maximum atomic E-state index is 12.1. The van der Waals surface area contributed by atoms with Gasteiger partial charge in [-0.05, 0) is 44.4 Å². The molecule has 1 unspecified atom stereocenters. The summed E-state index contributed by atoms with van der Waals surface area (Å²) in [5.41, 5.74) is 0. The van der Waals surface area contributed by atoms with E-state index < -0.39 is 5.97 Å². The first kappa shape index (κ1) is 26.9. The fourth-order valence-electron chi connectivity index (χ4n) is 3.48. The number of aliphatic carboxylic acids is 1. The van der Waals surface area contributed by atoms with Crippen LogP contribution in [0, 0.1) is 5.92 Å². The third-order valence-corrected chi connectivity index (χ3v) is 5.26. The van der Waals surface area contributed by atoms with E-state index >= 15 is 0 Å². The molecule has 0 aromatic heterocycles. The number of ether oxygens (including phenoxy) is 1. The summed E-state index contributed by atoms with van der Waals surface area (Å²) in [7, 11) is 0. The van der Waals surface area contributed by atoms with Crippen LogP contribution in [-0.2, 0) is 14.3 Å². The Balaban J connectivity index is 4.05. The summed E-state index contributed by atoms with van der Waals surface area (Å²) in [6.07, 6.45) is 17.4. The summed E-state index contributed by atoms with van der Waals surface area (Å²) in [5, 5.41) is 8.67. The molecular weight excluding hydrogens is 352 g/mol. The SMILES string of the molecule is CCCCCCCCCCC(CCCCC(C)C)OC(=O)CCCCC(=O)O. The molecule has 0 aliphatic rings. The molecule has 0 aromatic carbocycles. The van der Waals surface area contributed by atoms with Crippen molar-refractivity contribution in [2.75, 3.05) is 0 Å². The Morgan fingerprint density at radius 3 is 1.79 bits per heavy atom. The average Bonchev–Trinajstić information content (AvgIpc) is 2.63. The summed E-state index contributed by atoms with van der Waals surface area (Å²) in [6, 6.07) is 0. The van der Waals surface area contributed by atoms with Crippen LogP contribution in [0.5, 0.6) is 0 Å². The molecular formula is C24H46O4. The van der Waals surface area contributed by atoms with Crippen molar-refractivity contribution in [2.24, 2.45) is 5.92 Å². The van der Waals surface area contributed by atoms with E-state index in [1.54, 1.807) is 0 Å². The lowest BCUT2D eigenvalue weighted by Crippen LogP contribution is -2.18. The standard InChI is InChI=1S/C24H46O4/c1-4-5-6-7-8-9-10-11-17-22(18-13-12-16-21(2)3)28-24(27)20-15-14-19-23(25)26/h21-22H,4-20H2,1-3H3,(H,25,26). The number of carbonyl (C=O) groups is 2. The van der Waals surface area contributed by atoms with E-state index in [0.29, 0.717) is 19.3 Å². The van der Waals surface area contributed by atoms with Crippen LogP contribution in [0.3, 0.4) is 0 Å². The van der Waals surface area contributed by atoms with Gasteiger partial charge in [0, 0.05) is 12.8 Å². The molecule has 1 atom stereocenters. The normalized spacial score (nSPS) is 12.3. The molecule has 166 valence electrons. The predicted molar refractivity (Wildman–Crippen MR) is 117 cm³/mol. The lowest BCUT2D eigenvalue weighted by molar-refractivity contribution is -0.150. The summed E-state index contributed by atoms with van der Waals surface area (Å²) in [6.45, 7) is 6.74. The molecule has 0 rings (SSSR count). The highest BCUT2D eigenvalue weighted by molar-refractivity contribution is 5.70. The number of rotatable bonds is 20. The van der Waals surface area contributed by atoms with E-state index in [9.17, 15) is 9.59 Å². The zero-order valence-corrected chi connectivity index (χ0v) is 18.8. The molecule has 28 heavy (non-hydrogen) atoms. The molecule has 0 saturated heterocycles. The van der Waals surface area contributed by atoms with Gasteiger partial charge in [-0.15, -0.1) is 0 Å². The number of hydrogen-bond donors (Lipinski definition) is 1. The van der Waals surface area contributed by atoms with Gasteiger partial charge < -0.3 is 9.84 Å². The van der Waals surface area contributed by atoms with Gasteiger partial charge in [-0.1, -0.05) is 78.6 Å². The second kappa shape index (κ2) is 19.3. The highest BCUT2D eigenvalue weighted by atomic mass is 16.5. The van der Waals surface area contributed by atoms with Crippen LogP contribution in [0.4, 0.5) is 0 Å². The maximum Gasteiger partial charge on any atom is 0.306 e. The molecule has 0 aliphatic carbocycles. The van der Waals surface area contributed by atoms with Crippen molar-refractivity contribution >= 4 is 11.9 Å². The number of carboxylic acid groups (broad SMARTS) is 1. The zero-order valence-electron chi connectivity index (χ0n) is 18.8. The monoisotopic (exact) mass is 398 g/mol. The van der Waals surface area contributed by atoms with Crippen LogP contribution >= 0.6 is 0 Å². The first-order valence-electron chi connectivity index (χ1n) is 11.9. The van der Waals surface area contributed by atoms with Gasteiger partial charge in [-0.25, -0.2) is 0 Å². The molecule has 4 heteroatoms. The molecule has 0 amide bonds. The minimum absolute atomic E-state index is 0.0410. The summed E-state index contributed by atoms with van der Waals surface area (Å²) in [5.74, 6) is -0.229. The molecule has 4 nitrogen and oxygen atoms in total. The second-order valence-electron chi connectivity index (χ2n) is 8.65. The highest BCUT2D eigenvalue weighted by Crippen LogP contribution is 2.18. The van der Waals surface area contributed by atoms with Gasteiger partial charge >= 0.3 is 11.9 Å². The van der Waals surface area contributed by atoms with Crippen molar-refractivity contribution in [2.45, 2.75) is 136 Å². The van der Waals surface area contributed by atoms with Gasteiger partial charge in [-0.3, -0.25) is 9.59 Å². The van der Waals surface area contributed by atoms with Gasteiger partial charge in [-0.2, -0.15) is 0 Å². The fraction of sp³-hybridized carbons (Fsp3) is 0.917. The van der Waals surface area contributed by atoms with Crippen LogP contribution in [-0.4, -0.2) is 23.1 Å². The maximum absolute atomic E-state index is 12.1. The van der Waals surface area contributed by atoms with Crippen molar-refractivity contribution < 1.29 is 19.4 Å². The van der Waals surface area contributed by atoms with Crippen LogP contribution in [0.2, 0.25) is 0 Å². The molecule has 0 fully saturated rings. The third kappa shape index (κ3) is 19.7. The molecule has 0 heterocycles. The van der Waals surface area contributed by atoms with E-state index in [2.05, 4.69) is 20.8 Å². The minimum Gasteiger partial charge on any atom is -0.481 e. The van der Waals surface area contributed by atoms with E-state index in [1.165, 1.54) is 57.8 Å². The Labute approximate surface area is 173 Å². The largest absolute Gasteiger partial charge is 0.481 e. The van der Waals surface area contributed by atoms with E-state index in [-0.39, 0.29) is 18.5 Å². The van der Waals surface area contributed by atoms with Crippen molar-refractivity contribution in [3.8, 4) is 0 Å². The van der Waals surface area contributed by atoms with Gasteiger partial charge in [0.25, 0.3) is 0 Å². The van der Waals surface area contributed by atoms with Crippen LogP contribution < -0.4 is 0 Å². The minimum atomic E-state index is -0.800. The van der Waals surface area contributed by atoms with E-state index in [4.69, 9.17) is 9.84 Å². The summed E-state index contributed by atoms with van der Waals surface area (Å²) in [4.78, 5) is 22.7. The topological polar surface area (TPSA) is 63.6 Å². The second-order valence-corrected chi connectivity index (χ2v) is 8.65. The van der Waals surface area contributed by atoms with Gasteiger partial charge in [0.15, 0.2) is 0 Å². The number of esters is 1. The van der Waals surface area contributed by atoms with E-state index in [1.807, 2.05) is 0 Å². The van der Waals surface area contributed by atoms with Gasteiger partial charge in [0.05, 0.1) is 0 Å². The zero-order chi connectivity index (χ0) is 21.0. The fourth-order valence-corrected chi connectivity index (χ4v) is 3.48. The molecule has 0 bridgehead atoms. The molecule has 1 N–H and O–H groups in total. The first-order valence-corrected chi connectivity index (χ1v) is 11.9. The number of hydrogen-bond acceptors (Lipinski definition) is 3. The van der Waals surface area contributed by atoms with Crippen molar-refractivity contribution in [3.63, 3.8) is 0 Å². The average molecular weight is 399 g/mol. The molecule has 0 saturated carbocycles. The van der Waals surface area contributed by atoms with Crippen molar-refractivity contribution in [3.05, 3.63) is 0 Å². The predicted octanol–water partition coefficient (Wildman–Crippen LogP) is 7.29. The van der Waals surface area contributed by atoms with Gasteiger partial charge in [0.1, 0.15) is 6.10 Å². The number of unbranched alkanes of at least 4 members (excludes halogenated alkanes) is 9.